The molecule has 0 aromatic heterocycles. The summed E-state index contributed by atoms with van der Waals surface area (Å²) in [6.07, 6.45) is 0. The molecule has 1 aromatic carbocycles. The van der Waals surface area contributed by atoms with Crippen molar-refractivity contribution in [2.45, 2.75) is 0 Å². The molecule has 0 bridgehead atoms. The number of hydrogen-bond donors (Lipinski definition) is 4. The number of rotatable bonds is 1. The molecule has 0 amide bonds. The quantitative estimate of drug-likeness (QED) is 0.463. The van der Waals surface area contributed by atoms with Gasteiger partial charge < -0.3 is 20.0 Å². The summed E-state index contributed by atoms with van der Waals surface area (Å²) < 4.78 is 10.6. The summed E-state index contributed by atoms with van der Waals surface area (Å²) >= 11 is 0. The van der Waals surface area contributed by atoms with Crippen molar-refractivity contribution in [3.8, 4) is 11.5 Å². The van der Waals surface area contributed by atoms with Gasteiger partial charge in [0.2, 0.25) is 0 Å². The number of phenols is 2. The summed E-state index contributed by atoms with van der Waals surface area (Å²) in [7, 11) is -4.39. The Kier molecular flexibility index (Phi) is 2.10. The Labute approximate surface area is 68.1 Å². The van der Waals surface area contributed by atoms with Crippen LogP contribution in [-0.4, -0.2) is 20.0 Å². The molecule has 0 heterocycles. The molecule has 0 spiro atoms. The van der Waals surface area contributed by atoms with Crippen LogP contribution in [0.15, 0.2) is 18.2 Å². The van der Waals surface area contributed by atoms with E-state index in [0.29, 0.717) is 0 Å². The van der Waals surface area contributed by atoms with E-state index in [2.05, 4.69) is 0 Å². The van der Waals surface area contributed by atoms with E-state index in [1.807, 2.05) is 0 Å². The van der Waals surface area contributed by atoms with E-state index in [1.165, 1.54) is 0 Å². The van der Waals surface area contributed by atoms with Crippen molar-refractivity contribution < 1.29 is 24.6 Å². The molecule has 66 valence electrons. The van der Waals surface area contributed by atoms with Crippen LogP contribution < -0.4 is 5.30 Å². The van der Waals surface area contributed by atoms with E-state index in [4.69, 9.17) is 20.0 Å². The zero-order valence-electron chi connectivity index (χ0n) is 5.88. The molecule has 0 aliphatic heterocycles. The predicted octanol–water partition coefficient (Wildman–Crippen LogP) is -0.0992. The maximum absolute atomic E-state index is 10.6. The average Bonchev–Trinajstić information content (AvgIpc) is 1.82. The van der Waals surface area contributed by atoms with Crippen molar-refractivity contribution in [2.75, 3.05) is 0 Å². The Morgan fingerprint density at radius 1 is 1.00 bits per heavy atom. The average molecular weight is 190 g/mol. The normalized spacial score (nSPS) is 11.5. The third kappa shape index (κ3) is 1.98. The highest BCUT2D eigenvalue weighted by Gasteiger charge is 2.18. The zero-order valence-corrected chi connectivity index (χ0v) is 6.77. The van der Waals surface area contributed by atoms with Gasteiger partial charge in [0.25, 0.3) is 0 Å². The molecule has 0 unspecified atom stereocenters. The minimum absolute atomic E-state index is 0.381. The van der Waals surface area contributed by atoms with Gasteiger partial charge in [-0.1, -0.05) is 0 Å². The summed E-state index contributed by atoms with van der Waals surface area (Å²) in [5.74, 6) is -0.762. The number of hydrogen-bond acceptors (Lipinski definition) is 3. The lowest BCUT2D eigenvalue weighted by atomic mass is 10.3. The lowest BCUT2D eigenvalue weighted by Crippen LogP contribution is -2.02. The van der Waals surface area contributed by atoms with Crippen LogP contribution in [0.3, 0.4) is 0 Å². The smallest absolute Gasteiger partial charge is 0.356 e. The van der Waals surface area contributed by atoms with Crippen LogP contribution in [0.2, 0.25) is 0 Å². The van der Waals surface area contributed by atoms with Crippen LogP contribution in [-0.2, 0) is 4.57 Å². The lowest BCUT2D eigenvalue weighted by Gasteiger charge is -2.04. The highest BCUT2D eigenvalue weighted by molar-refractivity contribution is 7.60. The van der Waals surface area contributed by atoms with E-state index >= 15 is 0 Å². The molecule has 12 heavy (non-hydrogen) atoms. The van der Waals surface area contributed by atoms with Gasteiger partial charge in [0.1, 0.15) is 11.5 Å². The first-order valence-corrected chi connectivity index (χ1v) is 4.60. The minimum atomic E-state index is -4.39. The first kappa shape index (κ1) is 9.06. The second-order valence-corrected chi connectivity index (χ2v) is 3.86. The molecule has 4 N–H and O–H groups in total. The van der Waals surface area contributed by atoms with Crippen LogP contribution in [0.25, 0.3) is 0 Å². The van der Waals surface area contributed by atoms with E-state index in [1.54, 1.807) is 0 Å². The summed E-state index contributed by atoms with van der Waals surface area (Å²) in [4.78, 5) is 17.3. The van der Waals surface area contributed by atoms with Crippen LogP contribution in [0, 0.1) is 0 Å². The van der Waals surface area contributed by atoms with Gasteiger partial charge in [-0.25, -0.2) is 0 Å². The molecule has 0 saturated heterocycles. The van der Waals surface area contributed by atoms with Crippen molar-refractivity contribution in [3.05, 3.63) is 18.2 Å². The zero-order chi connectivity index (χ0) is 9.35. The van der Waals surface area contributed by atoms with Crippen molar-refractivity contribution in [3.63, 3.8) is 0 Å². The monoisotopic (exact) mass is 190 g/mol. The van der Waals surface area contributed by atoms with E-state index in [9.17, 15) is 4.57 Å². The molecular formula is C6H7O5P. The second kappa shape index (κ2) is 2.79. The topological polar surface area (TPSA) is 98.0 Å². The molecular weight excluding hydrogens is 183 g/mol. The van der Waals surface area contributed by atoms with Crippen molar-refractivity contribution in [1.29, 1.82) is 0 Å². The number of aromatic hydroxyl groups is 2. The molecule has 1 aromatic rings. The largest absolute Gasteiger partial charge is 0.508 e. The van der Waals surface area contributed by atoms with Crippen molar-refractivity contribution in [1.82, 2.24) is 0 Å². The van der Waals surface area contributed by atoms with Gasteiger partial charge in [-0.2, -0.15) is 0 Å². The molecule has 0 fully saturated rings. The Balaban J connectivity index is 3.27. The molecule has 0 atom stereocenters. The minimum Gasteiger partial charge on any atom is -0.508 e. The van der Waals surface area contributed by atoms with Gasteiger partial charge >= 0.3 is 7.60 Å². The van der Waals surface area contributed by atoms with E-state index in [0.717, 1.165) is 18.2 Å². The molecule has 6 heteroatoms. The summed E-state index contributed by atoms with van der Waals surface area (Å²) in [6.45, 7) is 0. The summed E-state index contributed by atoms with van der Waals surface area (Å²) in [5.41, 5.74) is 0. The van der Waals surface area contributed by atoms with E-state index in [-0.39, 0.29) is 11.5 Å². The first-order chi connectivity index (χ1) is 5.39. The fourth-order valence-electron chi connectivity index (χ4n) is 0.748. The van der Waals surface area contributed by atoms with Gasteiger partial charge in [-0.05, 0) is 12.1 Å². The van der Waals surface area contributed by atoms with Gasteiger partial charge in [0.05, 0.1) is 5.30 Å². The maximum Gasteiger partial charge on any atom is 0.356 e. The van der Waals surface area contributed by atoms with Crippen LogP contribution in [0.1, 0.15) is 0 Å². The molecule has 0 aliphatic rings. The Morgan fingerprint density at radius 3 is 1.75 bits per heavy atom. The number of benzene rings is 1. The standard InChI is InChI=1S/C6H7O5P/c7-4-1-5(8)3-6(2-4)12(9,10)11/h1-3,7-8H,(H2,9,10,11). The molecule has 1 rings (SSSR count). The fraction of sp³-hybridized carbons (Fsp3) is 0. The first-order valence-electron chi connectivity index (χ1n) is 2.99. The van der Waals surface area contributed by atoms with Gasteiger partial charge in [0, 0.05) is 6.07 Å². The highest BCUT2D eigenvalue weighted by atomic mass is 31.2. The van der Waals surface area contributed by atoms with Crippen molar-refractivity contribution in [2.24, 2.45) is 0 Å². The third-order valence-electron chi connectivity index (χ3n) is 1.22. The second-order valence-electron chi connectivity index (χ2n) is 2.25. The Morgan fingerprint density at radius 2 is 1.42 bits per heavy atom. The van der Waals surface area contributed by atoms with Gasteiger partial charge in [-0.3, -0.25) is 4.57 Å². The predicted molar refractivity (Wildman–Crippen MR) is 41.4 cm³/mol. The van der Waals surface area contributed by atoms with Crippen LogP contribution in [0.5, 0.6) is 11.5 Å². The molecule has 5 nitrogen and oxygen atoms in total. The van der Waals surface area contributed by atoms with Crippen LogP contribution in [0.4, 0.5) is 0 Å². The molecule has 0 saturated carbocycles. The Bertz CT molecular complexity index is 322. The highest BCUT2D eigenvalue weighted by Crippen LogP contribution is 2.35. The summed E-state index contributed by atoms with van der Waals surface area (Å²) in [5, 5.41) is 17.3. The third-order valence-corrected chi connectivity index (χ3v) is 2.15. The Hall–Kier alpha value is -1.03. The lowest BCUT2D eigenvalue weighted by molar-refractivity contribution is 0.386. The molecule has 0 aliphatic carbocycles. The maximum atomic E-state index is 10.6. The van der Waals surface area contributed by atoms with Gasteiger partial charge in [-0.15, -0.1) is 0 Å². The fourth-order valence-corrected chi connectivity index (χ4v) is 1.35. The summed E-state index contributed by atoms with van der Waals surface area (Å²) in [6, 6.07) is 2.79. The SMILES string of the molecule is O=P(O)(O)c1cc(O)cc(O)c1. The van der Waals surface area contributed by atoms with Crippen molar-refractivity contribution >= 4 is 12.9 Å². The molecule has 0 radical (unpaired) electrons. The van der Waals surface area contributed by atoms with Crippen LogP contribution >= 0.6 is 7.60 Å². The number of phenolic OH excluding ortho intramolecular Hbond substituents is 2. The van der Waals surface area contributed by atoms with E-state index < -0.39 is 12.9 Å². The van der Waals surface area contributed by atoms with Gasteiger partial charge in [0.15, 0.2) is 0 Å².